The molecular weight excluding hydrogens is 320 g/mol. The van der Waals surface area contributed by atoms with Crippen LogP contribution in [0.4, 0.5) is 0 Å². The summed E-state index contributed by atoms with van der Waals surface area (Å²) >= 11 is 7.15. The first-order valence-corrected chi connectivity index (χ1v) is 7.65. The van der Waals surface area contributed by atoms with Crippen LogP contribution >= 0.6 is 23.4 Å². The first-order chi connectivity index (χ1) is 10.6. The lowest BCUT2D eigenvalue weighted by molar-refractivity contribution is -0.117. The highest BCUT2D eigenvalue weighted by molar-refractivity contribution is 8.02. The van der Waals surface area contributed by atoms with Crippen LogP contribution in [0.25, 0.3) is 0 Å². The van der Waals surface area contributed by atoms with Gasteiger partial charge in [0.05, 0.1) is 0 Å². The Hall–Kier alpha value is -2.24. The standard InChI is InChI=1S/C16H13ClN2O2S/c17-13-8-6-12(7-9-13)16(21)19-18-15(20)10-11-22-14-4-2-1-3-5-14/h1-11H,(H,18,20)(H,19,21)/b11-10+. The van der Waals surface area contributed by atoms with Gasteiger partial charge in [0.15, 0.2) is 0 Å². The van der Waals surface area contributed by atoms with Gasteiger partial charge in [-0.15, -0.1) is 0 Å². The Morgan fingerprint density at radius 2 is 1.64 bits per heavy atom. The highest BCUT2D eigenvalue weighted by Gasteiger charge is 2.05. The van der Waals surface area contributed by atoms with Crippen molar-refractivity contribution in [2.75, 3.05) is 0 Å². The molecule has 22 heavy (non-hydrogen) atoms. The fraction of sp³-hybridized carbons (Fsp3) is 0. The van der Waals surface area contributed by atoms with Gasteiger partial charge in [0, 0.05) is 21.6 Å². The monoisotopic (exact) mass is 332 g/mol. The smallest absolute Gasteiger partial charge is 0.268 e. The molecule has 4 nitrogen and oxygen atoms in total. The summed E-state index contributed by atoms with van der Waals surface area (Å²) in [6, 6.07) is 16.0. The molecule has 2 N–H and O–H groups in total. The van der Waals surface area contributed by atoms with Crippen LogP contribution in [0.3, 0.4) is 0 Å². The molecule has 0 saturated carbocycles. The lowest BCUT2D eigenvalue weighted by Crippen LogP contribution is -2.40. The molecule has 0 spiro atoms. The number of hydrazine groups is 1. The molecule has 2 aromatic carbocycles. The zero-order valence-electron chi connectivity index (χ0n) is 11.5. The Kier molecular flexibility index (Phi) is 6.06. The van der Waals surface area contributed by atoms with E-state index in [4.69, 9.17) is 11.6 Å². The summed E-state index contributed by atoms with van der Waals surface area (Å²) in [7, 11) is 0. The van der Waals surface area contributed by atoms with E-state index in [1.54, 1.807) is 29.7 Å². The summed E-state index contributed by atoms with van der Waals surface area (Å²) in [5, 5.41) is 2.19. The SMILES string of the molecule is O=C(/C=C/Sc1ccccc1)NNC(=O)c1ccc(Cl)cc1. The molecule has 0 aliphatic rings. The molecule has 112 valence electrons. The Morgan fingerprint density at radius 3 is 2.32 bits per heavy atom. The number of halogens is 1. The van der Waals surface area contributed by atoms with Crippen molar-refractivity contribution in [1.29, 1.82) is 0 Å². The predicted molar refractivity (Wildman–Crippen MR) is 88.5 cm³/mol. The molecule has 0 atom stereocenters. The van der Waals surface area contributed by atoms with Gasteiger partial charge in [0.1, 0.15) is 0 Å². The van der Waals surface area contributed by atoms with Crippen LogP contribution in [0.2, 0.25) is 5.02 Å². The van der Waals surface area contributed by atoms with Crippen LogP contribution in [0.1, 0.15) is 10.4 Å². The minimum atomic E-state index is -0.411. The van der Waals surface area contributed by atoms with Crippen LogP contribution in [0.15, 0.2) is 71.0 Å². The second-order valence-corrected chi connectivity index (χ2v) is 5.60. The first kappa shape index (κ1) is 16.1. The average Bonchev–Trinajstić information content (AvgIpc) is 2.54. The number of hydrogen-bond donors (Lipinski definition) is 2. The Morgan fingerprint density at radius 1 is 0.955 bits per heavy atom. The molecule has 2 rings (SSSR count). The van der Waals surface area contributed by atoms with Crippen LogP contribution in [-0.4, -0.2) is 11.8 Å². The molecule has 2 aromatic rings. The Bertz CT molecular complexity index is 672. The highest BCUT2D eigenvalue weighted by Crippen LogP contribution is 2.17. The highest BCUT2D eigenvalue weighted by atomic mass is 35.5. The topological polar surface area (TPSA) is 58.2 Å². The third-order valence-corrected chi connectivity index (χ3v) is 3.64. The average molecular weight is 333 g/mol. The van der Waals surface area contributed by atoms with Crippen LogP contribution in [-0.2, 0) is 4.79 Å². The molecule has 0 bridgehead atoms. The molecule has 0 unspecified atom stereocenters. The molecule has 0 aliphatic carbocycles. The number of amides is 2. The molecule has 0 saturated heterocycles. The van der Waals surface area contributed by atoms with Crippen LogP contribution < -0.4 is 10.9 Å². The summed E-state index contributed by atoms with van der Waals surface area (Å²) in [5.41, 5.74) is 5.04. The van der Waals surface area contributed by atoms with Crippen molar-refractivity contribution in [3.63, 3.8) is 0 Å². The lowest BCUT2D eigenvalue weighted by atomic mass is 10.2. The molecule has 0 radical (unpaired) electrons. The van der Waals surface area contributed by atoms with Gasteiger partial charge in [-0.3, -0.25) is 20.4 Å². The van der Waals surface area contributed by atoms with Crippen molar-refractivity contribution in [3.8, 4) is 0 Å². The van der Waals surface area contributed by atoms with Gasteiger partial charge in [0.2, 0.25) is 0 Å². The van der Waals surface area contributed by atoms with Crippen molar-refractivity contribution in [2.45, 2.75) is 4.90 Å². The second kappa shape index (κ2) is 8.26. The quantitative estimate of drug-likeness (QED) is 0.512. The molecule has 0 aliphatic heterocycles. The van der Waals surface area contributed by atoms with Gasteiger partial charge >= 0.3 is 0 Å². The molecule has 0 fully saturated rings. The molecule has 6 heteroatoms. The van der Waals surface area contributed by atoms with Gasteiger partial charge in [-0.1, -0.05) is 41.6 Å². The van der Waals surface area contributed by atoms with E-state index in [9.17, 15) is 9.59 Å². The van der Waals surface area contributed by atoms with Gasteiger partial charge in [-0.25, -0.2) is 0 Å². The summed E-state index contributed by atoms with van der Waals surface area (Å²) in [6.07, 6.45) is 1.35. The van der Waals surface area contributed by atoms with Crippen LogP contribution in [0.5, 0.6) is 0 Å². The van der Waals surface area contributed by atoms with E-state index >= 15 is 0 Å². The third kappa shape index (κ3) is 5.27. The number of thioether (sulfide) groups is 1. The molecule has 0 aromatic heterocycles. The fourth-order valence-corrected chi connectivity index (χ4v) is 2.30. The van der Waals surface area contributed by atoms with Gasteiger partial charge in [-0.05, 0) is 41.8 Å². The largest absolute Gasteiger partial charge is 0.269 e. The number of rotatable bonds is 4. The first-order valence-electron chi connectivity index (χ1n) is 6.39. The van der Waals surface area contributed by atoms with Crippen molar-refractivity contribution in [2.24, 2.45) is 0 Å². The fourth-order valence-electron chi connectivity index (χ4n) is 1.51. The van der Waals surface area contributed by atoms with Crippen molar-refractivity contribution < 1.29 is 9.59 Å². The maximum absolute atomic E-state index is 11.8. The minimum absolute atomic E-state index is 0.408. The molecular formula is C16H13ClN2O2S. The summed E-state index contributed by atoms with van der Waals surface area (Å²) < 4.78 is 0. The Labute approximate surface area is 137 Å². The van der Waals surface area contributed by atoms with E-state index in [1.165, 1.54) is 17.8 Å². The van der Waals surface area contributed by atoms with Gasteiger partial charge < -0.3 is 0 Å². The van der Waals surface area contributed by atoms with Crippen LogP contribution in [0, 0.1) is 0 Å². The third-order valence-electron chi connectivity index (χ3n) is 2.57. The summed E-state index contributed by atoms with van der Waals surface area (Å²) in [6.45, 7) is 0. The Balaban J connectivity index is 1.77. The summed E-state index contributed by atoms with van der Waals surface area (Å²) in [4.78, 5) is 24.4. The summed E-state index contributed by atoms with van der Waals surface area (Å²) in [5.74, 6) is -0.820. The van der Waals surface area contributed by atoms with E-state index < -0.39 is 11.8 Å². The lowest BCUT2D eigenvalue weighted by Gasteiger charge is -2.05. The number of carbonyl (C=O) groups excluding carboxylic acids is 2. The van der Waals surface area contributed by atoms with E-state index in [0.717, 1.165) is 4.90 Å². The van der Waals surface area contributed by atoms with Gasteiger partial charge in [0.25, 0.3) is 11.8 Å². The zero-order valence-corrected chi connectivity index (χ0v) is 13.0. The van der Waals surface area contributed by atoms with E-state index in [1.807, 2.05) is 30.3 Å². The maximum atomic E-state index is 11.8. The number of nitrogens with one attached hydrogen (secondary N) is 2. The van der Waals surface area contributed by atoms with Gasteiger partial charge in [-0.2, -0.15) is 0 Å². The molecule has 0 heterocycles. The van der Waals surface area contributed by atoms with Crippen molar-refractivity contribution in [3.05, 3.63) is 76.7 Å². The second-order valence-electron chi connectivity index (χ2n) is 4.18. The zero-order chi connectivity index (χ0) is 15.8. The van der Waals surface area contributed by atoms with E-state index in [0.29, 0.717) is 10.6 Å². The van der Waals surface area contributed by atoms with Crippen molar-refractivity contribution in [1.82, 2.24) is 10.9 Å². The maximum Gasteiger partial charge on any atom is 0.269 e. The number of benzene rings is 2. The minimum Gasteiger partial charge on any atom is -0.268 e. The number of hydrogen-bond acceptors (Lipinski definition) is 3. The van der Waals surface area contributed by atoms with E-state index in [-0.39, 0.29) is 0 Å². The predicted octanol–water partition coefficient (Wildman–Crippen LogP) is 3.41. The molecule has 2 amide bonds. The van der Waals surface area contributed by atoms with E-state index in [2.05, 4.69) is 10.9 Å². The van der Waals surface area contributed by atoms with Crippen molar-refractivity contribution >= 4 is 35.2 Å². The normalized spacial score (nSPS) is 10.4. The number of carbonyl (C=O) groups is 2.